The molecule has 5 nitrogen and oxygen atoms in total. The van der Waals surface area contributed by atoms with Gasteiger partial charge < -0.3 is 14.7 Å². The van der Waals surface area contributed by atoms with E-state index < -0.39 is 0 Å². The van der Waals surface area contributed by atoms with Crippen molar-refractivity contribution in [3.63, 3.8) is 0 Å². The summed E-state index contributed by atoms with van der Waals surface area (Å²) < 4.78 is 10.1. The fourth-order valence-corrected chi connectivity index (χ4v) is 1.54. The first kappa shape index (κ1) is 8.67. The van der Waals surface area contributed by atoms with Crippen LogP contribution in [-0.4, -0.2) is 10.1 Å². The third-order valence-electron chi connectivity index (χ3n) is 2.64. The van der Waals surface area contributed by atoms with Gasteiger partial charge >= 0.3 is 0 Å². The number of hydrogen-bond acceptors (Lipinski definition) is 5. The Morgan fingerprint density at radius 3 is 3.00 bits per heavy atom. The van der Waals surface area contributed by atoms with E-state index in [1.165, 1.54) is 0 Å². The molecule has 0 spiro atoms. The Labute approximate surface area is 86.3 Å². The van der Waals surface area contributed by atoms with Gasteiger partial charge in [-0.2, -0.15) is 4.98 Å². The van der Waals surface area contributed by atoms with Crippen molar-refractivity contribution in [2.75, 3.05) is 0 Å². The molecule has 0 amide bonds. The average Bonchev–Trinajstić information content (AvgIpc) is 2.80. The normalized spacial score (nSPS) is 17.9. The number of furan rings is 1. The van der Waals surface area contributed by atoms with E-state index in [2.05, 4.69) is 10.1 Å². The highest BCUT2D eigenvalue weighted by molar-refractivity contribution is 5.51. The highest BCUT2D eigenvalue weighted by Crippen LogP contribution is 2.39. The van der Waals surface area contributed by atoms with Crippen molar-refractivity contribution >= 4 is 0 Å². The minimum Gasteiger partial charge on any atom is -0.472 e. The highest BCUT2D eigenvalue weighted by atomic mass is 16.5. The smallest absolute Gasteiger partial charge is 0.244 e. The lowest BCUT2D eigenvalue weighted by molar-refractivity contribution is 0.343. The van der Waals surface area contributed by atoms with Crippen LogP contribution in [0.1, 0.15) is 24.8 Å². The van der Waals surface area contributed by atoms with E-state index in [1.807, 2.05) is 0 Å². The van der Waals surface area contributed by atoms with E-state index >= 15 is 0 Å². The molecule has 1 fully saturated rings. The summed E-state index contributed by atoms with van der Waals surface area (Å²) in [6, 6.07) is 1.68. The molecule has 0 aromatic carbocycles. The van der Waals surface area contributed by atoms with Gasteiger partial charge in [0.2, 0.25) is 11.7 Å². The second-order valence-electron chi connectivity index (χ2n) is 3.83. The van der Waals surface area contributed by atoms with Gasteiger partial charge in [-0.15, -0.1) is 0 Å². The number of nitrogens with two attached hydrogens (primary N) is 1. The lowest BCUT2D eigenvalue weighted by Gasteiger charge is -2.01. The van der Waals surface area contributed by atoms with Crippen LogP contribution in [0.3, 0.4) is 0 Å². The van der Waals surface area contributed by atoms with Gasteiger partial charge in [0, 0.05) is 0 Å². The van der Waals surface area contributed by atoms with Crippen LogP contribution in [0.2, 0.25) is 0 Å². The zero-order valence-corrected chi connectivity index (χ0v) is 8.09. The van der Waals surface area contributed by atoms with Crippen LogP contribution < -0.4 is 5.73 Å². The molecule has 3 rings (SSSR count). The third-order valence-corrected chi connectivity index (χ3v) is 2.64. The van der Waals surface area contributed by atoms with Gasteiger partial charge in [0.15, 0.2) is 0 Å². The summed E-state index contributed by atoms with van der Waals surface area (Å²) in [4.78, 5) is 4.25. The molecule has 5 heteroatoms. The van der Waals surface area contributed by atoms with Crippen molar-refractivity contribution in [1.82, 2.24) is 10.1 Å². The lowest BCUT2D eigenvalue weighted by atomic mass is 10.2. The molecule has 1 aliphatic carbocycles. The van der Waals surface area contributed by atoms with Crippen molar-refractivity contribution in [3.05, 3.63) is 24.5 Å². The van der Waals surface area contributed by atoms with Crippen LogP contribution in [-0.2, 0) is 0 Å². The van der Waals surface area contributed by atoms with E-state index in [1.54, 1.807) is 18.6 Å². The van der Waals surface area contributed by atoms with Crippen molar-refractivity contribution in [1.29, 1.82) is 0 Å². The SMILES string of the molecule is NC(c1nc(-c2ccoc2)no1)C1CC1. The molecule has 0 radical (unpaired) electrons. The molecule has 0 bridgehead atoms. The monoisotopic (exact) mass is 205 g/mol. The molecule has 2 aromatic rings. The molecular formula is C10H11N3O2. The fourth-order valence-electron chi connectivity index (χ4n) is 1.54. The van der Waals surface area contributed by atoms with Gasteiger partial charge in [0.05, 0.1) is 17.9 Å². The van der Waals surface area contributed by atoms with Gasteiger partial charge in [0.1, 0.15) is 6.26 Å². The van der Waals surface area contributed by atoms with E-state index in [4.69, 9.17) is 14.7 Å². The number of hydrogen-bond donors (Lipinski definition) is 1. The fraction of sp³-hybridized carbons (Fsp3) is 0.400. The van der Waals surface area contributed by atoms with Crippen LogP contribution in [0.5, 0.6) is 0 Å². The summed E-state index contributed by atoms with van der Waals surface area (Å²) in [6.45, 7) is 0. The second-order valence-corrected chi connectivity index (χ2v) is 3.83. The minimum absolute atomic E-state index is 0.113. The van der Waals surface area contributed by atoms with Crippen molar-refractivity contribution in [2.45, 2.75) is 18.9 Å². The number of nitrogens with zero attached hydrogens (tertiary/aromatic N) is 2. The van der Waals surface area contributed by atoms with Gasteiger partial charge in [0.25, 0.3) is 0 Å². The van der Waals surface area contributed by atoms with Gasteiger partial charge in [-0.3, -0.25) is 0 Å². The Kier molecular flexibility index (Phi) is 1.85. The Balaban J connectivity index is 1.87. The molecule has 2 heterocycles. The molecule has 2 aromatic heterocycles. The summed E-state index contributed by atoms with van der Waals surface area (Å²) in [7, 11) is 0. The van der Waals surface area contributed by atoms with Crippen LogP contribution in [0.25, 0.3) is 11.4 Å². The van der Waals surface area contributed by atoms with Crippen molar-refractivity contribution < 1.29 is 8.94 Å². The predicted molar refractivity (Wildman–Crippen MR) is 51.7 cm³/mol. The van der Waals surface area contributed by atoms with Gasteiger partial charge in [-0.1, -0.05) is 5.16 Å². The summed E-state index contributed by atoms with van der Waals surface area (Å²) >= 11 is 0. The maximum absolute atomic E-state index is 5.95. The van der Waals surface area contributed by atoms with Gasteiger partial charge in [-0.25, -0.2) is 0 Å². The quantitative estimate of drug-likeness (QED) is 0.825. The maximum Gasteiger partial charge on any atom is 0.244 e. The van der Waals surface area contributed by atoms with Crippen LogP contribution in [0.4, 0.5) is 0 Å². The van der Waals surface area contributed by atoms with Crippen molar-refractivity contribution in [3.8, 4) is 11.4 Å². The second kappa shape index (κ2) is 3.20. The molecule has 2 N–H and O–H groups in total. The first-order valence-corrected chi connectivity index (χ1v) is 4.96. The van der Waals surface area contributed by atoms with E-state index in [0.29, 0.717) is 17.6 Å². The van der Waals surface area contributed by atoms with Gasteiger partial charge in [-0.05, 0) is 24.8 Å². The minimum atomic E-state index is -0.113. The first-order chi connectivity index (χ1) is 7.34. The summed E-state index contributed by atoms with van der Waals surface area (Å²) in [5.41, 5.74) is 6.76. The summed E-state index contributed by atoms with van der Waals surface area (Å²) in [5.74, 6) is 1.58. The highest BCUT2D eigenvalue weighted by Gasteiger charge is 2.33. The van der Waals surface area contributed by atoms with E-state index in [-0.39, 0.29) is 6.04 Å². The molecule has 0 aliphatic heterocycles. The molecule has 1 atom stereocenters. The first-order valence-electron chi connectivity index (χ1n) is 4.96. The number of rotatable bonds is 3. The van der Waals surface area contributed by atoms with Crippen LogP contribution in [0.15, 0.2) is 27.5 Å². The van der Waals surface area contributed by atoms with Crippen molar-refractivity contribution in [2.24, 2.45) is 11.7 Å². The molecule has 78 valence electrons. The third kappa shape index (κ3) is 1.55. The summed E-state index contributed by atoms with van der Waals surface area (Å²) in [5, 5.41) is 3.86. The topological polar surface area (TPSA) is 78.1 Å². The van der Waals surface area contributed by atoms with Crippen LogP contribution >= 0.6 is 0 Å². The van der Waals surface area contributed by atoms with E-state index in [9.17, 15) is 0 Å². The molecule has 0 saturated heterocycles. The standard InChI is InChI=1S/C10H11N3O2/c11-8(6-1-2-6)10-12-9(13-15-10)7-3-4-14-5-7/h3-6,8H,1-2,11H2. The maximum atomic E-state index is 5.95. The summed E-state index contributed by atoms with van der Waals surface area (Å²) in [6.07, 6.45) is 5.47. The molecule has 1 aliphatic rings. The Morgan fingerprint density at radius 1 is 1.47 bits per heavy atom. The Hall–Kier alpha value is -1.62. The Bertz CT molecular complexity index is 445. The average molecular weight is 205 g/mol. The lowest BCUT2D eigenvalue weighted by Crippen LogP contribution is -2.12. The zero-order chi connectivity index (χ0) is 10.3. The molecule has 1 saturated carbocycles. The largest absolute Gasteiger partial charge is 0.472 e. The molecule has 15 heavy (non-hydrogen) atoms. The van der Waals surface area contributed by atoms with Crippen LogP contribution in [0, 0.1) is 5.92 Å². The molecular weight excluding hydrogens is 194 g/mol. The Morgan fingerprint density at radius 2 is 2.33 bits per heavy atom. The number of aromatic nitrogens is 2. The van der Waals surface area contributed by atoms with E-state index in [0.717, 1.165) is 18.4 Å². The predicted octanol–water partition coefficient (Wildman–Crippen LogP) is 1.74. The zero-order valence-electron chi connectivity index (χ0n) is 8.09. The molecule has 1 unspecified atom stereocenters.